The Morgan fingerprint density at radius 2 is 2.05 bits per heavy atom. The third kappa shape index (κ3) is 4.46. The lowest BCUT2D eigenvalue weighted by atomic mass is 10.1. The van der Waals surface area contributed by atoms with Crippen LogP contribution in [0.15, 0.2) is 23.1 Å². The van der Waals surface area contributed by atoms with E-state index in [1.807, 2.05) is 0 Å². The van der Waals surface area contributed by atoms with Crippen molar-refractivity contribution in [2.45, 2.75) is 31.6 Å². The first-order valence-corrected chi connectivity index (χ1v) is 7.76. The Kier molecular flexibility index (Phi) is 5.46. The van der Waals surface area contributed by atoms with Gasteiger partial charge in [-0.05, 0) is 24.8 Å². The van der Waals surface area contributed by atoms with Crippen molar-refractivity contribution in [1.82, 2.24) is 4.72 Å². The molecule has 8 heteroatoms. The molecule has 0 saturated carbocycles. The summed E-state index contributed by atoms with van der Waals surface area (Å²) in [5.41, 5.74) is 5.21. The van der Waals surface area contributed by atoms with Crippen LogP contribution >= 0.6 is 0 Å². The maximum Gasteiger partial charge on any atom is 0.271 e. The first kappa shape index (κ1) is 16.4. The van der Waals surface area contributed by atoms with Crippen LogP contribution in [-0.2, 0) is 10.0 Å². The highest BCUT2D eigenvalue weighted by Crippen LogP contribution is 2.23. The molecule has 0 aliphatic carbocycles. The Morgan fingerprint density at radius 1 is 1.40 bits per heavy atom. The van der Waals surface area contributed by atoms with E-state index in [-0.39, 0.29) is 16.3 Å². The van der Waals surface area contributed by atoms with Gasteiger partial charge in [-0.15, -0.1) is 0 Å². The molecule has 0 aromatic heterocycles. The molecule has 1 rings (SSSR count). The molecular weight excluding hydrogens is 282 g/mol. The van der Waals surface area contributed by atoms with Crippen molar-refractivity contribution in [2.24, 2.45) is 5.92 Å². The SMILES string of the molecule is CC(C)CCCNS(=O)(=O)c1ccc([N+](=O)[O-])cc1N. The Labute approximate surface area is 118 Å². The van der Waals surface area contributed by atoms with Gasteiger partial charge in [-0.25, -0.2) is 13.1 Å². The minimum Gasteiger partial charge on any atom is -0.397 e. The number of nitrogens with one attached hydrogen (secondary N) is 1. The molecule has 1 aromatic rings. The summed E-state index contributed by atoms with van der Waals surface area (Å²) in [5, 5.41) is 10.6. The van der Waals surface area contributed by atoms with E-state index in [2.05, 4.69) is 18.6 Å². The monoisotopic (exact) mass is 301 g/mol. The molecule has 0 fully saturated rings. The fraction of sp³-hybridized carbons (Fsp3) is 0.500. The highest BCUT2D eigenvalue weighted by Gasteiger charge is 2.19. The quantitative estimate of drug-likeness (QED) is 0.345. The van der Waals surface area contributed by atoms with Gasteiger partial charge in [0, 0.05) is 18.7 Å². The lowest BCUT2D eigenvalue weighted by molar-refractivity contribution is -0.384. The average Bonchev–Trinajstić information content (AvgIpc) is 2.34. The molecule has 0 atom stereocenters. The average molecular weight is 301 g/mol. The topological polar surface area (TPSA) is 115 Å². The van der Waals surface area contributed by atoms with Gasteiger partial charge in [0.05, 0.1) is 10.6 Å². The third-order valence-electron chi connectivity index (χ3n) is 2.74. The molecule has 112 valence electrons. The standard InChI is InChI=1S/C12H19N3O4S/c1-9(2)4-3-7-14-20(18,19)12-6-5-10(15(16)17)8-11(12)13/h5-6,8-9,14H,3-4,7,13H2,1-2H3. The van der Waals surface area contributed by atoms with Crippen LogP contribution in [0.3, 0.4) is 0 Å². The predicted molar refractivity (Wildman–Crippen MR) is 76.8 cm³/mol. The van der Waals surface area contributed by atoms with Crippen molar-refractivity contribution in [1.29, 1.82) is 0 Å². The number of nitrogens with zero attached hydrogens (tertiary/aromatic N) is 1. The second-order valence-corrected chi connectivity index (χ2v) is 6.65. The van der Waals surface area contributed by atoms with E-state index in [9.17, 15) is 18.5 Å². The van der Waals surface area contributed by atoms with Crippen LogP contribution < -0.4 is 10.5 Å². The molecule has 0 amide bonds. The molecule has 1 aromatic carbocycles. The predicted octanol–water partition coefficient (Wildman–Crippen LogP) is 1.89. The summed E-state index contributed by atoms with van der Waals surface area (Å²) < 4.78 is 26.5. The summed E-state index contributed by atoms with van der Waals surface area (Å²) >= 11 is 0. The summed E-state index contributed by atoms with van der Waals surface area (Å²) in [7, 11) is -3.73. The molecule has 20 heavy (non-hydrogen) atoms. The number of nitrogen functional groups attached to an aromatic ring is 1. The van der Waals surface area contributed by atoms with E-state index in [0.717, 1.165) is 31.0 Å². The van der Waals surface area contributed by atoms with Crippen molar-refractivity contribution in [2.75, 3.05) is 12.3 Å². The number of sulfonamides is 1. The van der Waals surface area contributed by atoms with E-state index in [1.165, 1.54) is 0 Å². The zero-order valence-electron chi connectivity index (χ0n) is 11.5. The van der Waals surface area contributed by atoms with Crippen molar-refractivity contribution in [3.63, 3.8) is 0 Å². The number of hydrogen-bond donors (Lipinski definition) is 2. The number of nitrogens with two attached hydrogens (primary N) is 1. The zero-order valence-corrected chi connectivity index (χ0v) is 12.3. The molecule has 0 spiro atoms. The van der Waals surface area contributed by atoms with E-state index >= 15 is 0 Å². The van der Waals surface area contributed by atoms with Gasteiger partial charge in [-0.3, -0.25) is 10.1 Å². The second kappa shape index (κ2) is 6.67. The Morgan fingerprint density at radius 3 is 2.55 bits per heavy atom. The number of rotatable bonds is 7. The van der Waals surface area contributed by atoms with Crippen molar-refractivity contribution >= 4 is 21.4 Å². The molecule has 7 nitrogen and oxygen atoms in total. The van der Waals surface area contributed by atoms with E-state index in [1.54, 1.807) is 0 Å². The molecular formula is C12H19N3O4S. The first-order chi connectivity index (χ1) is 9.24. The van der Waals surface area contributed by atoms with Crippen LogP contribution in [0.4, 0.5) is 11.4 Å². The van der Waals surface area contributed by atoms with E-state index in [4.69, 9.17) is 5.73 Å². The lowest BCUT2D eigenvalue weighted by Gasteiger charge is -2.09. The number of nitro groups is 1. The van der Waals surface area contributed by atoms with Crippen LogP contribution in [0.5, 0.6) is 0 Å². The molecule has 0 saturated heterocycles. The van der Waals surface area contributed by atoms with Crippen molar-refractivity contribution in [3.05, 3.63) is 28.3 Å². The van der Waals surface area contributed by atoms with Gasteiger partial charge in [0.1, 0.15) is 4.90 Å². The normalized spacial score (nSPS) is 11.8. The van der Waals surface area contributed by atoms with Gasteiger partial charge in [0.2, 0.25) is 10.0 Å². The zero-order chi connectivity index (χ0) is 15.3. The number of benzene rings is 1. The Balaban J connectivity index is 2.80. The van der Waals surface area contributed by atoms with Gasteiger partial charge in [-0.1, -0.05) is 13.8 Å². The van der Waals surface area contributed by atoms with Crippen molar-refractivity contribution in [3.8, 4) is 0 Å². The van der Waals surface area contributed by atoms with Crippen LogP contribution in [0.25, 0.3) is 0 Å². The van der Waals surface area contributed by atoms with Gasteiger partial charge >= 0.3 is 0 Å². The summed E-state index contributed by atoms with van der Waals surface area (Å²) in [4.78, 5) is 9.82. The number of non-ortho nitro benzene ring substituents is 1. The molecule has 0 aliphatic heterocycles. The second-order valence-electron chi connectivity index (χ2n) is 4.91. The van der Waals surface area contributed by atoms with Crippen LogP contribution in [0.2, 0.25) is 0 Å². The minimum absolute atomic E-state index is 0.129. The lowest BCUT2D eigenvalue weighted by Crippen LogP contribution is -2.25. The minimum atomic E-state index is -3.73. The molecule has 0 bridgehead atoms. The van der Waals surface area contributed by atoms with Crippen molar-refractivity contribution < 1.29 is 13.3 Å². The fourth-order valence-electron chi connectivity index (χ4n) is 1.69. The maximum absolute atomic E-state index is 12.0. The fourth-order valence-corrected chi connectivity index (χ4v) is 2.87. The van der Waals surface area contributed by atoms with E-state index < -0.39 is 14.9 Å². The van der Waals surface area contributed by atoms with Crippen LogP contribution in [0.1, 0.15) is 26.7 Å². The first-order valence-electron chi connectivity index (χ1n) is 6.27. The summed E-state index contributed by atoms with van der Waals surface area (Å²) in [5.74, 6) is 0.504. The summed E-state index contributed by atoms with van der Waals surface area (Å²) in [6.07, 6.45) is 1.64. The molecule has 0 unspecified atom stereocenters. The molecule has 0 aliphatic rings. The third-order valence-corrected chi connectivity index (χ3v) is 4.28. The van der Waals surface area contributed by atoms with Crippen LogP contribution in [-0.4, -0.2) is 19.9 Å². The summed E-state index contributed by atoms with van der Waals surface area (Å²) in [6, 6.07) is 3.32. The highest BCUT2D eigenvalue weighted by atomic mass is 32.2. The smallest absolute Gasteiger partial charge is 0.271 e. The van der Waals surface area contributed by atoms with Crippen LogP contribution in [0, 0.1) is 16.0 Å². The molecule has 0 radical (unpaired) electrons. The van der Waals surface area contributed by atoms with E-state index in [0.29, 0.717) is 12.5 Å². The largest absolute Gasteiger partial charge is 0.397 e. The summed E-state index contributed by atoms with van der Waals surface area (Å²) in [6.45, 7) is 4.43. The highest BCUT2D eigenvalue weighted by molar-refractivity contribution is 7.89. The van der Waals surface area contributed by atoms with Gasteiger partial charge in [0.25, 0.3) is 5.69 Å². The molecule has 0 heterocycles. The Bertz CT molecular complexity index is 584. The number of hydrogen-bond acceptors (Lipinski definition) is 5. The number of nitro benzene ring substituents is 1. The van der Waals surface area contributed by atoms with Gasteiger partial charge in [0.15, 0.2) is 0 Å². The number of anilines is 1. The Hall–Kier alpha value is -1.67. The molecule has 3 N–H and O–H groups in total. The van der Waals surface area contributed by atoms with Gasteiger partial charge in [-0.2, -0.15) is 0 Å². The maximum atomic E-state index is 12.0. The van der Waals surface area contributed by atoms with Gasteiger partial charge < -0.3 is 5.73 Å².